The summed E-state index contributed by atoms with van der Waals surface area (Å²) in [7, 11) is 0. The van der Waals surface area contributed by atoms with Crippen molar-refractivity contribution >= 4 is 28.5 Å². The molecule has 160 valence electrons. The number of benzene rings is 3. The Morgan fingerprint density at radius 1 is 0.906 bits per heavy atom. The van der Waals surface area contributed by atoms with Gasteiger partial charge in [-0.25, -0.2) is 5.43 Å². The van der Waals surface area contributed by atoms with E-state index in [1.807, 2.05) is 31.2 Å². The predicted molar refractivity (Wildman–Crippen MR) is 121 cm³/mol. The molecular formula is C25H21N3O4. The summed E-state index contributed by atoms with van der Waals surface area (Å²) in [6.07, 6.45) is 0. The van der Waals surface area contributed by atoms with E-state index in [9.17, 15) is 9.59 Å². The quantitative estimate of drug-likeness (QED) is 0.448. The Balaban J connectivity index is 1.74. The summed E-state index contributed by atoms with van der Waals surface area (Å²) in [6, 6.07) is 24.7. The van der Waals surface area contributed by atoms with E-state index in [4.69, 9.17) is 9.15 Å². The third-order valence-corrected chi connectivity index (χ3v) is 4.60. The number of fused-ring (bicyclic) bond motifs is 1. The highest BCUT2D eigenvalue weighted by Gasteiger charge is 2.14. The molecular weight excluding hydrogens is 406 g/mol. The van der Waals surface area contributed by atoms with Gasteiger partial charge in [-0.05, 0) is 49.4 Å². The van der Waals surface area contributed by atoms with Gasteiger partial charge >= 0.3 is 0 Å². The molecule has 3 aromatic carbocycles. The lowest BCUT2D eigenvalue weighted by molar-refractivity contribution is 0.0948. The van der Waals surface area contributed by atoms with Crippen LogP contribution in [0.1, 0.15) is 27.6 Å². The van der Waals surface area contributed by atoms with Crippen molar-refractivity contribution in [2.45, 2.75) is 6.92 Å². The molecule has 4 aromatic rings. The SMILES string of the molecule is CCOc1ccc2cc(C(=O)Nc3ccccc3)/c(=N/NC(=O)c3ccccc3)oc2c1. The van der Waals surface area contributed by atoms with E-state index in [1.54, 1.807) is 60.7 Å². The van der Waals surface area contributed by atoms with Gasteiger partial charge in [-0.1, -0.05) is 36.4 Å². The molecule has 0 atom stereocenters. The van der Waals surface area contributed by atoms with Crippen LogP contribution in [0.4, 0.5) is 5.69 Å². The number of nitrogens with one attached hydrogen (secondary N) is 2. The molecule has 2 N–H and O–H groups in total. The number of anilines is 1. The fourth-order valence-corrected chi connectivity index (χ4v) is 3.08. The van der Waals surface area contributed by atoms with Gasteiger partial charge in [0.25, 0.3) is 11.8 Å². The zero-order valence-electron chi connectivity index (χ0n) is 17.4. The fraction of sp³-hybridized carbons (Fsp3) is 0.0800. The first-order chi connectivity index (χ1) is 15.6. The Morgan fingerprint density at radius 3 is 2.34 bits per heavy atom. The Morgan fingerprint density at radius 2 is 1.62 bits per heavy atom. The van der Waals surface area contributed by atoms with Crippen molar-refractivity contribution in [3.8, 4) is 5.75 Å². The molecule has 1 aromatic heterocycles. The van der Waals surface area contributed by atoms with E-state index < -0.39 is 11.8 Å². The maximum Gasteiger partial charge on any atom is 0.271 e. The van der Waals surface area contributed by atoms with Crippen LogP contribution < -0.4 is 21.0 Å². The molecule has 2 amide bonds. The van der Waals surface area contributed by atoms with Crippen LogP contribution >= 0.6 is 0 Å². The zero-order valence-corrected chi connectivity index (χ0v) is 17.4. The second kappa shape index (κ2) is 9.61. The number of ether oxygens (including phenoxy) is 1. The van der Waals surface area contributed by atoms with Gasteiger partial charge in [0.1, 0.15) is 16.9 Å². The van der Waals surface area contributed by atoms with E-state index in [-0.39, 0.29) is 11.1 Å². The minimum absolute atomic E-state index is 0.0242. The normalized spacial score (nSPS) is 11.2. The first kappa shape index (κ1) is 20.9. The molecule has 0 bridgehead atoms. The number of hydrogen-bond donors (Lipinski definition) is 2. The average Bonchev–Trinajstić information content (AvgIpc) is 2.83. The summed E-state index contributed by atoms with van der Waals surface area (Å²) in [6.45, 7) is 2.39. The minimum atomic E-state index is -0.418. The average molecular weight is 427 g/mol. The van der Waals surface area contributed by atoms with Crippen LogP contribution in [-0.4, -0.2) is 18.4 Å². The van der Waals surface area contributed by atoms with Gasteiger partial charge in [0, 0.05) is 22.7 Å². The Kier molecular flexibility index (Phi) is 6.27. The van der Waals surface area contributed by atoms with Gasteiger partial charge in [-0.2, -0.15) is 0 Å². The number of hydrogen-bond acceptors (Lipinski definition) is 5. The summed E-state index contributed by atoms with van der Waals surface area (Å²) in [4.78, 5) is 25.4. The van der Waals surface area contributed by atoms with Gasteiger partial charge < -0.3 is 14.5 Å². The van der Waals surface area contributed by atoms with Crippen molar-refractivity contribution in [1.29, 1.82) is 0 Å². The lowest BCUT2D eigenvalue weighted by Gasteiger charge is -2.08. The van der Waals surface area contributed by atoms with E-state index in [0.29, 0.717) is 34.6 Å². The van der Waals surface area contributed by atoms with Crippen LogP contribution in [0, 0.1) is 0 Å². The maximum absolute atomic E-state index is 13.0. The Labute approximate surface area is 184 Å². The van der Waals surface area contributed by atoms with Gasteiger partial charge in [0.05, 0.1) is 6.61 Å². The van der Waals surface area contributed by atoms with Gasteiger partial charge in [-0.3, -0.25) is 9.59 Å². The minimum Gasteiger partial charge on any atom is -0.494 e. The standard InChI is InChI=1S/C25H21N3O4/c1-2-31-20-14-13-18-15-21(24(30)26-19-11-7-4-8-12-19)25(32-22(18)16-20)28-27-23(29)17-9-5-3-6-10-17/h3-16H,2H2,1H3,(H,26,30)(H,27,29)/b28-25-. The van der Waals surface area contributed by atoms with Crippen molar-refractivity contribution in [2.75, 3.05) is 11.9 Å². The molecule has 0 aliphatic rings. The molecule has 4 rings (SSSR count). The molecule has 0 saturated heterocycles. The Bertz CT molecular complexity index is 1320. The van der Waals surface area contributed by atoms with Gasteiger partial charge in [0.2, 0.25) is 5.55 Å². The highest BCUT2D eigenvalue weighted by molar-refractivity contribution is 6.05. The second-order valence-electron chi connectivity index (χ2n) is 6.84. The molecule has 0 aliphatic carbocycles. The molecule has 0 unspecified atom stereocenters. The zero-order chi connectivity index (χ0) is 22.3. The first-order valence-electron chi connectivity index (χ1n) is 10.1. The molecule has 1 heterocycles. The van der Waals surface area contributed by atoms with E-state index in [2.05, 4.69) is 15.8 Å². The van der Waals surface area contributed by atoms with Crippen molar-refractivity contribution in [3.63, 3.8) is 0 Å². The van der Waals surface area contributed by atoms with E-state index in [0.717, 1.165) is 0 Å². The third kappa shape index (κ3) is 4.84. The monoisotopic (exact) mass is 427 g/mol. The second-order valence-corrected chi connectivity index (χ2v) is 6.84. The predicted octanol–water partition coefficient (Wildman–Crippen LogP) is 4.33. The van der Waals surface area contributed by atoms with Crippen LogP contribution in [0.25, 0.3) is 11.0 Å². The lowest BCUT2D eigenvalue weighted by Crippen LogP contribution is -2.26. The highest BCUT2D eigenvalue weighted by Crippen LogP contribution is 2.21. The van der Waals surface area contributed by atoms with Crippen molar-refractivity contribution in [3.05, 3.63) is 102 Å². The molecule has 32 heavy (non-hydrogen) atoms. The number of nitrogens with zero attached hydrogens (tertiary/aromatic N) is 1. The van der Waals surface area contributed by atoms with Gasteiger partial charge in [-0.15, -0.1) is 5.10 Å². The fourth-order valence-electron chi connectivity index (χ4n) is 3.08. The van der Waals surface area contributed by atoms with Crippen LogP contribution in [0.2, 0.25) is 0 Å². The number of para-hydroxylation sites is 1. The molecule has 0 aliphatic heterocycles. The van der Waals surface area contributed by atoms with Crippen LogP contribution in [0.3, 0.4) is 0 Å². The third-order valence-electron chi connectivity index (χ3n) is 4.60. The molecule has 0 spiro atoms. The van der Waals surface area contributed by atoms with Crippen molar-refractivity contribution < 1.29 is 18.7 Å². The maximum atomic E-state index is 13.0. The number of amides is 2. The summed E-state index contributed by atoms with van der Waals surface area (Å²) in [5.74, 6) is -0.202. The summed E-state index contributed by atoms with van der Waals surface area (Å²) in [5, 5.41) is 7.62. The van der Waals surface area contributed by atoms with Crippen LogP contribution in [0.15, 0.2) is 94.4 Å². The summed E-state index contributed by atoms with van der Waals surface area (Å²) >= 11 is 0. The molecule has 7 nitrogen and oxygen atoms in total. The van der Waals surface area contributed by atoms with E-state index in [1.165, 1.54) is 0 Å². The highest BCUT2D eigenvalue weighted by atomic mass is 16.5. The number of carbonyl (C=O) groups is 2. The van der Waals surface area contributed by atoms with Crippen LogP contribution in [-0.2, 0) is 0 Å². The Hall–Kier alpha value is -4.39. The van der Waals surface area contributed by atoms with Crippen LogP contribution in [0.5, 0.6) is 5.75 Å². The number of rotatable bonds is 6. The van der Waals surface area contributed by atoms with Crippen molar-refractivity contribution in [1.82, 2.24) is 5.43 Å². The summed E-state index contributed by atoms with van der Waals surface area (Å²) < 4.78 is 11.4. The summed E-state index contributed by atoms with van der Waals surface area (Å²) in [5.41, 5.74) is 4.15. The smallest absolute Gasteiger partial charge is 0.271 e. The largest absolute Gasteiger partial charge is 0.494 e. The van der Waals surface area contributed by atoms with Gasteiger partial charge in [0.15, 0.2) is 0 Å². The molecule has 7 heteroatoms. The first-order valence-corrected chi connectivity index (χ1v) is 10.1. The molecule has 0 saturated carbocycles. The molecule has 0 radical (unpaired) electrons. The topological polar surface area (TPSA) is 92.9 Å². The van der Waals surface area contributed by atoms with E-state index >= 15 is 0 Å². The van der Waals surface area contributed by atoms with Crippen molar-refractivity contribution in [2.24, 2.45) is 5.10 Å². The molecule has 0 fully saturated rings. The number of carbonyl (C=O) groups excluding carboxylic acids is 2. The lowest BCUT2D eigenvalue weighted by atomic mass is 10.1.